The van der Waals surface area contributed by atoms with Crippen LogP contribution in [0, 0.1) is 6.92 Å². The Morgan fingerprint density at radius 1 is 0.966 bits per heavy atom. The van der Waals surface area contributed by atoms with Gasteiger partial charge in [-0.3, -0.25) is 9.78 Å². The fourth-order valence-corrected chi connectivity index (χ4v) is 2.87. The molecule has 0 saturated heterocycles. The van der Waals surface area contributed by atoms with E-state index in [9.17, 15) is 4.79 Å². The number of nitrogens with one attached hydrogen (secondary N) is 1. The van der Waals surface area contributed by atoms with E-state index >= 15 is 0 Å². The molecule has 0 radical (unpaired) electrons. The SMILES string of the molecule is COCCOc1cc(NC(=O)c2ccc(-c3ccccc3)nc2C)ccc1OC. The number of amides is 1. The van der Waals surface area contributed by atoms with Gasteiger partial charge in [-0.15, -0.1) is 0 Å². The van der Waals surface area contributed by atoms with Gasteiger partial charge in [0.05, 0.1) is 30.7 Å². The van der Waals surface area contributed by atoms with Gasteiger partial charge in [0.25, 0.3) is 5.91 Å². The largest absolute Gasteiger partial charge is 0.493 e. The van der Waals surface area contributed by atoms with Crippen LogP contribution in [-0.2, 0) is 4.74 Å². The number of nitrogens with zero attached hydrogens (tertiary/aromatic N) is 1. The third-order valence-electron chi connectivity index (χ3n) is 4.37. The molecule has 0 aliphatic heterocycles. The Kier molecular flexibility index (Phi) is 6.81. The Morgan fingerprint density at radius 2 is 1.76 bits per heavy atom. The average molecular weight is 392 g/mol. The molecule has 0 atom stereocenters. The number of methoxy groups -OCH3 is 2. The number of aryl methyl sites for hydroxylation is 1. The number of ether oxygens (including phenoxy) is 3. The van der Waals surface area contributed by atoms with E-state index in [1.54, 1.807) is 38.5 Å². The Morgan fingerprint density at radius 3 is 2.45 bits per heavy atom. The van der Waals surface area contributed by atoms with Gasteiger partial charge >= 0.3 is 0 Å². The van der Waals surface area contributed by atoms with Crippen molar-refractivity contribution in [3.63, 3.8) is 0 Å². The number of carbonyl (C=O) groups excluding carboxylic acids is 1. The topological polar surface area (TPSA) is 69.7 Å². The van der Waals surface area contributed by atoms with Crippen LogP contribution in [0.3, 0.4) is 0 Å². The van der Waals surface area contributed by atoms with E-state index in [2.05, 4.69) is 10.3 Å². The zero-order valence-corrected chi connectivity index (χ0v) is 16.8. The second kappa shape index (κ2) is 9.71. The summed E-state index contributed by atoms with van der Waals surface area (Å²) < 4.78 is 16.0. The van der Waals surface area contributed by atoms with Crippen LogP contribution in [0.4, 0.5) is 5.69 Å². The molecule has 6 nitrogen and oxygen atoms in total. The monoisotopic (exact) mass is 392 g/mol. The van der Waals surface area contributed by atoms with Crippen LogP contribution in [0.2, 0.25) is 0 Å². The molecule has 0 spiro atoms. The maximum absolute atomic E-state index is 12.8. The first kappa shape index (κ1) is 20.4. The van der Waals surface area contributed by atoms with Crippen molar-refractivity contribution >= 4 is 11.6 Å². The van der Waals surface area contributed by atoms with Gasteiger partial charge in [-0.2, -0.15) is 0 Å². The van der Waals surface area contributed by atoms with Crippen molar-refractivity contribution in [2.75, 3.05) is 32.8 Å². The number of aromatic nitrogens is 1. The zero-order chi connectivity index (χ0) is 20.6. The van der Waals surface area contributed by atoms with Crippen molar-refractivity contribution in [3.05, 3.63) is 71.9 Å². The van der Waals surface area contributed by atoms with Crippen molar-refractivity contribution in [2.45, 2.75) is 6.92 Å². The number of benzene rings is 2. The smallest absolute Gasteiger partial charge is 0.257 e. The van der Waals surface area contributed by atoms with Crippen LogP contribution in [0.25, 0.3) is 11.3 Å². The fraction of sp³-hybridized carbons (Fsp3) is 0.217. The summed E-state index contributed by atoms with van der Waals surface area (Å²) in [6.07, 6.45) is 0. The zero-order valence-electron chi connectivity index (χ0n) is 16.8. The Hall–Kier alpha value is -3.38. The molecule has 3 aromatic rings. The number of hydrogen-bond donors (Lipinski definition) is 1. The van der Waals surface area contributed by atoms with Crippen molar-refractivity contribution in [3.8, 4) is 22.8 Å². The molecular formula is C23H24N2O4. The van der Waals surface area contributed by atoms with Gasteiger partial charge in [0, 0.05) is 24.4 Å². The molecule has 3 rings (SSSR count). The van der Waals surface area contributed by atoms with Crippen LogP contribution in [-0.4, -0.2) is 38.3 Å². The third kappa shape index (κ3) is 5.12. The van der Waals surface area contributed by atoms with E-state index < -0.39 is 0 Å². The van der Waals surface area contributed by atoms with Gasteiger partial charge in [-0.25, -0.2) is 0 Å². The Bertz CT molecular complexity index is 974. The minimum absolute atomic E-state index is 0.234. The quantitative estimate of drug-likeness (QED) is 0.578. The summed E-state index contributed by atoms with van der Waals surface area (Å²) in [5, 5.41) is 2.89. The van der Waals surface area contributed by atoms with Crippen LogP contribution >= 0.6 is 0 Å². The molecule has 0 aliphatic carbocycles. The highest BCUT2D eigenvalue weighted by molar-refractivity contribution is 6.05. The molecular weight excluding hydrogens is 368 g/mol. The number of hydrogen-bond acceptors (Lipinski definition) is 5. The third-order valence-corrected chi connectivity index (χ3v) is 4.37. The summed E-state index contributed by atoms with van der Waals surface area (Å²) in [5.74, 6) is 0.892. The molecule has 29 heavy (non-hydrogen) atoms. The van der Waals surface area contributed by atoms with Gasteiger partial charge in [0.1, 0.15) is 6.61 Å². The van der Waals surface area contributed by atoms with Gasteiger partial charge in [-0.1, -0.05) is 30.3 Å². The van der Waals surface area contributed by atoms with Crippen LogP contribution in [0.1, 0.15) is 16.1 Å². The number of carbonyl (C=O) groups is 1. The van der Waals surface area contributed by atoms with E-state index in [0.29, 0.717) is 41.7 Å². The molecule has 0 unspecified atom stereocenters. The van der Waals surface area contributed by atoms with Gasteiger partial charge in [0.2, 0.25) is 0 Å². The molecule has 6 heteroatoms. The molecule has 1 N–H and O–H groups in total. The van der Waals surface area contributed by atoms with E-state index in [1.165, 1.54) is 0 Å². The predicted molar refractivity (Wildman–Crippen MR) is 113 cm³/mol. The molecule has 0 saturated carbocycles. The van der Waals surface area contributed by atoms with E-state index in [1.807, 2.05) is 43.3 Å². The maximum atomic E-state index is 12.8. The van der Waals surface area contributed by atoms with Gasteiger partial charge < -0.3 is 19.5 Å². The van der Waals surface area contributed by atoms with Gasteiger partial charge in [-0.05, 0) is 31.2 Å². The highest BCUT2D eigenvalue weighted by atomic mass is 16.5. The lowest BCUT2D eigenvalue weighted by molar-refractivity contribution is 0.102. The first-order chi connectivity index (χ1) is 14.1. The number of rotatable bonds is 8. The molecule has 150 valence electrons. The molecule has 0 fully saturated rings. The Balaban J connectivity index is 1.77. The van der Waals surface area contributed by atoms with E-state index in [0.717, 1.165) is 11.3 Å². The second-order valence-electron chi connectivity index (χ2n) is 6.36. The number of pyridine rings is 1. The van der Waals surface area contributed by atoms with Crippen LogP contribution in [0.15, 0.2) is 60.7 Å². The lowest BCUT2D eigenvalue weighted by atomic mass is 10.1. The summed E-state index contributed by atoms with van der Waals surface area (Å²) in [4.78, 5) is 17.3. The van der Waals surface area contributed by atoms with Gasteiger partial charge in [0.15, 0.2) is 11.5 Å². The summed E-state index contributed by atoms with van der Waals surface area (Å²) in [5.41, 5.74) is 3.62. The van der Waals surface area contributed by atoms with Crippen LogP contribution in [0.5, 0.6) is 11.5 Å². The Labute approximate surface area is 170 Å². The summed E-state index contributed by atoms with van der Waals surface area (Å²) in [7, 11) is 3.18. The van der Waals surface area contributed by atoms with Crippen LogP contribution < -0.4 is 14.8 Å². The molecule has 1 heterocycles. The minimum atomic E-state index is -0.234. The van der Waals surface area contributed by atoms with E-state index in [4.69, 9.17) is 14.2 Å². The van der Waals surface area contributed by atoms with Crippen molar-refractivity contribution in [2.24, 2.45) is 0 Å². The van der Waals surface area contributed by atoms with Crippen molar-refractivity contribution in [1.82, 2.24) is 4.98 Å². The highest BCUT2D eigenvalue weighted by Gasteiger charge is 2.13. The van der Waals surface area contributed by atoms with Crippen molar-refractivity contribution < 1.29 is 19.0 Å². The second-order valence-corrected chi connectivity index (χ2v) is 6.36. The molecule has 1 aromatic heterocycles. The first-order valence-electron chi connectivity index (χ1n) is 9.26. The highest BCUT2D eigenvalue weighted by Crippen LogP contribution is 2.30. The first-order valence-corrected chi connectivity index (χ1v) is 9.26. The van der Waals surface area contributed by atoms with E-state index in [-0.39, 0.29) is 5.91 Å². The van der Waals surface area contributed by atoms with Crippen molar-refractivity contribution in [1.29, 1.82) is 0 Å². The summed E-state index contributed by atoms with van der Waals surface area (Å²) >= 11 is 0. The predicted octanol–water partition coefficient (Wildman–Crippen LogP) is 4.34. The average Bonchev–Trinajstić information content (AvgIpc) is 2.74. The fourth-order valence-electron chi connectivity index (χ4n) is 2.87. The number of anilines is 1. The molecule has 2 aromatic carbocycles. The maximum Gasteiger partial charge on any atom is 0.257 e. The summed E-state index contributed by atoms with van der Waals surface area (Å²) in [6.45, 7) is 2.67. The normalized spacial score (nSPS) is 10.4. The molecule has 0 aliphatic rings. The standard InChI is InChI=1S/C23H24N2O4/c1-16-19(10-11-20(24-16)17-7-5-4-6-8-17)23(26)25-18-9-12-21(28-3)22(15-18)29-14-13-27-2/h4-12,15H,13-14H2,1-3H3,(H,25,26). The lowest BCUT2D eigenvalue weighted by Crippen LogP contribution is -2.14. The molecule has 1 amide bonds. The summed E-state index contributed by atoms with van der Waals surface area (Å²) in [6, 6.07) is 18.8. The molecule has 0 bridgehead atoms. The minimum Gasteiger partial charge on any atom is -0.493 e. The lowest BCUT2D eigenvalue weighted by Gasteiger charge is -2.13.